The fourth-order valence-electron chi connectivity index (χ4n) is 1.25. The van der Waals surface area contributed by atoms with Gasteiger partial charge in [0.25, 0.3) is 0 Å². The van der Waals surface area contributed by atoms with Gasteiger partial charge in [-0.1, -0.05) is 0 Å². The molecule has 0 bridgehead atoms. The zero-order valence-electron chi connectivity index (χ0n) is 9.83. The van der Waals surface area contributed by atoms with Crippen LogP contribution in [0.3, 0.4) is 0 Å². The summed E-state index contributed by atoms with van der Waals surface area (Å²) in [5, 5.41) is 22.3. The number of aliphatic hydroxyl groups excluding tert-OH is 1. The molecule has 0 aliphatic heterocycles. The highest BCUT2D eigenvalue weighted by Crippen LogP contribution is 2.22. The molecule has 0 atom stereocenters. The molecule has 0 aliphatic carbocycles. The third-order valence-electron chi connectivity index (χ3n) is 2.08. The quantitative estimate of drug-likeness (QED) is 0.369. The lowest BCUT2D eigenvalue weighted by atomic mass is 10.3. The van der Waals surface area contributed by atoms with Crippen LogP contribution in [0.2, 0.25) is 0 Å². The molecule has 0 saturated heterocycles. The molecule has 0 amide bonds. The SMILES string of the molecule is Nc1ccc([N+](=O)[O-])c(NCCSCCCO)n1. The van der Waals surface area contributed by atoms with Gasteiger partial charge in [0.15, 0.2) is 0 Å². The Kier molecular flexibility index (Phi) is 6.23. The van der Waals surface area contributed by atoms with Crippen molar-refractivity contribution in [3.8, 4) is 0 Å². The number of nitrogens with zero attached hydrogens (tertiary/aromatic N) is 2. The van der Waals surface area contributed by atoms with Gasteiger partial charge in [-0.25, -0.2) is 4.98 Å². The number of anilines is 2. The van der Waals surface area contributed by atoms with Crippen molar-refractivity contribution >= 4 is 29.1 Å². The average molecular weight is 272 g/mol. The Morgan fingerprint density at radius 2 is 2.28 bits per heavy atom. The van der Waals surface area contributed by atoms with E-state index in [1.54, 1.807) is 11.8 Å². The van der Waals surface area contributed by atoms with Crippen molar-refractivity contribution in [2.45, 2.75) is 6.42 Å². The summed E-state index contributed by atoms with van der Waals surface area (Å²) in [7, 11) is 0. The largest absolute Gasteiger partial charge is 0.396 e. The Balaban J connectivity index is 2.45. The molecular weight excluding hydrogens is 256 g/mol. The third-order valence-corrected chi connectivity index (χ3v) is 3.15. The standard InChI is InChI=1S/C10H16N4O3S/c11-9-3-2-8(14(16)17)10(13-9)12-4-7-18-6-1-5-15/h2-3,15H,1,4-7H2,(H3,11,12,13). The second-order valence-electron chi connectivity index (χ2n) is 3.48. The van der Waals surface area contributed by atoms with Gasteiger partial charge >= 0.3 is 5.69 Å². The number of hydrogen-bond donors (Lipinski definition) is 3. The summed E-state index contributed by atoms with van der Waals surface area (Å²) in [6.45, 7) is 0.746. The number of nitrogens with two attached hydrogens (primary N) is 1. The molecule has 0 unspecified atom stereocenters. The average Bonchev–Trinajstić information content (AvgIpc) is 2.33. The van der Waals surface area contributed by atoms with Gasteiger partial charge in [0.05, 0.1) is 4.92 Å². The maximum atomic E-state index is 10.8. The van der Waals surface area contributed by atoms with E-state index in [0.717, 1.165) is 17.9 Å². The minimum Gasteiger partial charge on any atom is -0.396 e. The summed E-state index contributed by atoms with van der Waals surface area (Å²) in [6.07, 6.45) is 0.751. The lowest BCUT2D eigenvalue weighted by Gasteiger charge is -2.06. The van der Waals surface area contributed by atoms with Crippen LogP contribution in [-0.4, -0.2) is 39.7 Å². The molecule has 1 heterocycles. The maximum Gasteiger partial charge on any atom is 0.311 e. The molecule has 18 heavy (non-hydrogen) atoms. The predicted octanol–water partition coefficient (Wildman–Crippen LogP) is 1.10. The van der Waals surface area contributed by atoms with Gasteiger partial charge < -0.3 is 16.2 Å². The molecule has 1 aromatic heterocycles. The number of aromatic nitrogens is 1. The fraction of sp³-hybridized carbons (Fsp3) is 0.500. The van der Waals surface area contributed by atoms with Crippen LogP contribution in [0.25, 0.3) is 0 Å². The van der Waals surface area contributed by atoms with E-state index in [0.29, 0.717) is 6.54 Å². The van der Waals surface area contributed by atoms with Crippen LogP contribution in [0, 0.1) is 10.1 Å². The normalized spacial score (nSPS) is 10.3. The number of nitrogens with one attached hydrogen (secondary N) is 1. The van der Waals surface area contributed by atoms with E-state index >= 15 is 0 Å². The second-order valence-corrected chi connectivity index (χ2v) is 4.70. The molecule has 4 N–H and O–H groups in total. The highest BCUT2D eigenvalue weighted by molar-refractivity contribution is 7.99. The Morgan fingerprint density at radius 1 is 1.50 bits per heavy atom. The molecular formula is C10H16N4O3S. The van der Waals surface area contributed by atoms with Crippen LogP contribution in [0.15, 0.2) is 12.1 Å². The van der Waals surface area contributed by atoms with Crippen LogP contribution < -0.4 is 11.1 Å². The Hall–Kier alpha value is -1.54. The second kappa shape index (κ2) is 7.72. The number of aliphatic hydroxyl groups is 1. The van der Waals surface area contributed by atoms with Crippen molar-refractivity contribution < 1.29 is 10.0 Å². The minimum atomic E-state index is -0.492. The molecule has 0 spiro atoms. The van der Waals surface area contributed by atoms with E-state index < -0.39 is 4.92 Å². The third kappa shape index (κ3) is 4.76. The minimum absolute atomic E-state index is 0.0791. The van der Waals surface area contributed by atoms with Gasteiger partial charge in [-0.2, -0.15) is 11.8 Å². The molecule has 0 saturated carbocycles. The van der Waals surface area contributed by atoms with Crippen LogP contribution in [0.5, 0.6) is 0 Å². The summed E-state index contributed by atoms with van der Waals surface area (Å²) >= 11 is 1.66. The maximum absolute atomic E-state index is 10.8. The van der Waals surface area contributed by atoms with Crippen molar-refractivity contribution in [3.63, 3.8) is 0 Å². The molecule has 0 aliphatic rings. The lowest BCUT2D eigenvalue weighted by Crippen LogP contribution is -2.09. The van der Waals surface area contributed by atoms with Gasteiger partial charge in [0, 0.05) is 25.0 Å². The van der Waals surface area contributed by atoms with Crippen molar-refractivity contribution in [2.24, 2.45) is 0 Å². The monoisotopic (exact) mass is 272 g/mol. The van der Waals surface area contributed by atoms with Crippen molar-refractivity contribution in [1.29, 1.82) is 0 Å². The van der Waals surface area contributed by atoms with Gasteiger partial charge in [-0.05, 0) is 18.2 Å². The fourth-order valence-corrected chi connectivity index (χ4v) is 2.04. The first-order valence-corrected chi connectivity index (χ1v) is 6.64. The highest BCUT2D eigenvalue weighted by atomic mass is 32.2. The lowest BCUT2D eigenvalue weighted by molar-refractivity contribution is -0.384. The molecule has 1 rings (SSSR count). The van der Waals surface area contributed by atoms with Crippen molar-refractivity contribution in [2.75, 3.05) is 35.7 Å². The van der Waals surface area contributed by atoms with E-state index in [1.165, 1.54) is 12.1 Å². The number of rotatable bonds is 8. The zero-order chi connectivity index (χ0) is 13.4. The molecule has 1 aromatic rings. The van der Waals surface area contributed by atoms with Gasteiger partial charge in [0.1, 0.15) is 5.82 Å². The van der Waals surface area contributed by atoms with E-state index in [1.807, 2.05) is 0 Å². The van der Waals surface area contributed by atoms with Crippen LogP contribution in [0.4, 0.5) is 17.3 Å². The van der Waals surface area contributed by atoms with Crippen LogP contribution >= 0.6 is 11.8 Å². The van der Waals surface area contributed by atoms with Gasteiger partial charge in [0.2, 0.25) is 5.82 Å². The number of thioether (sulfide) groups is 1. The van der Waals surface area contributed by atoms with Crippen LogP contribution in [-0.2, 0) is 0 Å². The highest BCUT2D eigenvalue weighted by Gasteiger charge is 2.14. The first-order valence-electron chi connectivity index (χ1n) is 5.48. The molecule has 100 valence electrons. The summed E-state index contributed by atoms with van der Waals surface area (Å²) < 4.78 is 0. The van der Waals surface area contributed by atoms with Crippen molar-refractivity contribution in [3.05, 3.63) is 22.2 Å². The van der Waals surface area contributed by atoms with E-state index in [9.17, 15) is 10.1 Å². The Labute approximate surface area is 109 Å². The Bertz CT molecular complexity index is 403. The summed E-state index contributed by atoms with van der Waals surface area (Å²) in [6, 6.07) is 2.74. The predicted molar refractivity (Wildman–Crippen MR) is 72.8 cm³/mol. The smallest absolute Gasteiger partial charge is 0.311 e. The number of pyridine rings is 1. The molecule has 8 heteroatoms. The van der Waals surface area contributed by atoms with Gasteiger partial charge in [-0.3, -0.25) is 10.1 Å². The van der Waals surface area contributed by atoms with Gasteiger partial charge in [-0.15, -0.1) is 0 Å². The summed E-state index contributed by atoms with van der Waals surface area (Å²) in [4.78, 5) is 14.2. The van der Waals surface area contributed by atoms with E-state index in [-0.39, 0.29) is 23.9 Å². The molecule has 7 nitrogen and oxygen atoms in total. The van der Waals surface area contributed by atoms with E-state index in [2.05, 4.69) is 10.3 Å². The molecule has 0 fully saturated rings. The first kappa shape index (κ1) is 14.5. The molecule has 0 radical (unpaired) electrons. The molecule has 0 aromatic carbocycles. The van der Waals surface area contributed by atoms with E-state index in [4.69, 9.17) is 10.8 Å². The summed E-state index contributed by atoms with van der Waals surface area (Å²) in [5.41, 5.74) is 5.41. The first-order chi connectivity index (χ1) is 8.65. The summed E-state index contributed by atoms with van der Waals surface area (Å²) in [5.74, 6) is 2.09. The number of nitro groups is 1. The number of nitrogen functional groups attached to an aromatic ring is 1. The van der Waals surface area contributed by atoms with Crippen LogP contribution in [0.1, 0.15) is 6.42 Å². The Morgan fingerprint density at radius 3 is 2.94 bits per heavy atom. The topological polar surface area (TPSA) is 114 Å². The zero-order valence-corrected chi connectivity index (χ0v) is 10.7. The van der Waals surface area contributed by atoms with Crippen molar-refractivity contribution in [1.82, 2.24) is 4.98 Å². The number of hydrogen-bond acceptors (Lipinski definition) is 7.